The van der Waals surface area contributed by atoms with Crippen molar-refractivity contribution in [1.29, 1.82) is 0 Å². The maximum atomic E-state index is 5.44. The molecule has 0 aliphatic carbocycles. The van der Waals surface area contributed by atoms with Crippen molar-refractivity contribution in [3.63, 3.8) is 0 Å². The molecule has 0 amide bonds. The van der Waals surface area contributed by atoms with E-state index in [4.69, 9.17) is 4.74 Å². The van der Waals surface area contributed by atoms with Crippen LogP contribution >= 0.6 is 0 Å². The van der Waals surface area contributed by atoms with Crippen LogP contribution in [0.5, 0.6) is 5.75 Å². The zero-order valence-electron chi connectivity index (χ0n) is 39.9. The second-order valence-electron chi connectivity index (χ2n) is 16.1. The lowest BCUT2D eigenvalue weighted by Crippen LogP contribution is -2.19. The summed E-state index contributed by atoms with van der Waals surface area (Å²) in [6.45, 7) is 3.92. The molecule has 0 saturated heterocycles. The van der Waals surface area contributed by atoms with Gasteiger partial charge in [0.15, 0.2) is 5.65 Å². The fraction of sp³-hybridized carbons (Fsp3) is 0.117. The number of aromatic nitrogens is 9. The minimum atomic E-state index is 0.636. The predicted molar refractivity (Wildman–Crippen MR) is 290 cm³/mol. The van der Waals surface area contributed by atoms with Crippen molar-refractivity contribution in [2.24, 2.45) is 0 Å². The SMILES string of the molecule is c1ccc2c(c1)CCNCC2.c1ccc2c(c1)CCNCO2.c1ccc2ncccc2c1.c1cnc2cccnc2c1.c1cnc2ccncc2c1.c1cnc2cnccc2c1.c1cnc2ncccc2c1. The third kappa shape index (κ3) is 15.5. The number of ether oxygens (including phenoxy) is 1. The summed E-state index contributed by atoms with van der Waals surface area (Å²) < 4.78 is 5.44. The lowest BCUT2D eigenvalue weighted by molar-refractivity contribution is 0.294. The third-order valence-corrected chi connectivity index (χ3v) is 11.2. The van der Waals surface area contributed by atoms with E-state index in [1.54, 1.807) is 55.8 Å². The lowest BCUT2D eigenvalue weighted by Gasteiger charge is -2.03. The Bertz CT molecular complexity index is 2660. The summed E-state index contributed by atoms with van der Waals surface area (Å²) >= 11 is 0. The first-order valence-electron chi connectivity index (χ1n) is 23.9. The van der Waals surface area contributed by atoms with Crippen LogP contribution in [0.2, 0.25) is 0 Å². The zero-order chi connectivity index (χ0) is 49.1. The summed E-state index contributed by atoms with van der Waals surface area (Å²) in [6.07, 6.45) is 22.9. The fourth-order valence-electron chi connectivity index (χ4n) is 7.55. The Morgan fingerprint density at radius 1 is 0.306 bits per heavy atom. The Balaban J connectivity index is 0.000000112. The smallest absolute Gasteiger partial charge is 0.159 e. The molecule has 12 aromatic rings. The molecule has 72 heavy (non-hydrogen) atoms. The number of hydrogen-bond acceptors (Lipinski definition) is 12. The molecule has 12 heteroatoms. The summed E-state index contributed by atoms with van der Waals surface area (Å²) in [6, 6.07) is 56.2. The second-order valence-corrected chi connectivity index (χ2v) is 16.1. The summed E-state index contributed by atoms with van der Waals surface area (Å²) in [5.41, 5.74) is 10.1. The van der Waals surface area contributed by atoms with Crippen LogP contribution in [0.1, 0.15) is 16.7 Å². The highest BCUT2D eigenvalue weighted by molar-refractivity contribution is 5.78. The van der Waals surface area contributed by atoms with Gasteiger partial charge in [0, 0.05) is 90.1 Å². The largest absolute Gasteiger partial charge is 0.478 e. The van der Waals surface area contributed by atoms with Crippen molar-refractivity contribution in [3.8, 4) is 5.75 Å². The van der Waals surface area contributed by atoms with E-state index in [1.165, 1.54) is 34.9 Å². The van der Waals surface area contributed by atoms with Crippen LogP contribution in [0.15, 0.2) is 238 Å². The van der Waals surface area contributed by atoms with Gasteiger partial charge < -0.3 is 10.1 Å². The first-order valence-corrected chi connectivity index (χ1v) is 23.9. The van der Waals surface area contributed by atoms with Gasteiger partial charge in [-0.3, -0.25) is 40.2 Å². The van der Waals surface area contributed by atoms with Gasteiger partial charge in [0.25, 0.3) is 0 Å². The number of rotatable bonds is 0. The Morgan fingerprint density at radius 2 is 0.736 bits per heavy atom. The molecule has 3 aromatic carbocycles. The van der Waals surface area contributed by atoms with Gasteiger partial charge in [-0.05, 0) is 146 Å². The Kier molecular flexibility index (Phi) is 19.2. The molecule has 12 nitrogen and oxygen atoms in total. The highest BCUT2D eigenvalue weighted by Crippen LogP contribution is 2.19. The van der Waals surface area contributed by atoms with Crippen LogP contribution in [-0.4, -0.2) is 71.2 Å². The Hall–Kier alpha value is -8.97. The van der Waals surface area contributed by atoms with Gasteiger partial charge in [-0.2, -0.15) is 0 Å². The lowest BCUT2D eigenvalue weighted by atomic mass is 10.0. The zero-order valence-corrected chi connectivity index (χ0v) is 39.9. The quantitative estimate of drug-likeness (QED) is 0.149. The molecule has 11 heterocycles. The van der Waals surface area contributed by atoms with E-state index < -0.39 is 0 Å². The Morgan fingerprint density at radius 3 is 1.36 bits per heavy atom. The topological polar surface area (TPSA) is 149 Å². The first kappa shape index (κ1) is 49.5. The van der Waals surface area contributed by atoms with E-state index in [9.17, 15) is 0 Å². The molecule has 0 atom stereocenters. The maximum absolute atomic E-state index is 5.44. The van der Waals surface area contributed by atoms with Crippen LogP contribution in [0, 0.1) is 0 Å². The monoisotopic (exact) mass is 945 g/mol. The molecule has 0 spiro atoms. The van der Waals surface area contributed by atoms with Crippen molar-refractivity contribution >= 4 is 54.8 Å². The number of benzene rings is 3. The van der Waals surface area contributed by atoms with Crippen LogP contribution in [0.4, 0.5) is 0 Å². The second kappa shape index (κ2) is 27.9. The van der Waals surface area contributed by atoms with Crippen LogP contribution in [0.25, 0.3) is 54.8 Å². The number of para-hydroxylation sites is 2. The third-order valence-electron chi connectivity index (χ3n) is 11.2. The average molecular weight is 946 g/mol. The summed E-state index contributed by atoms with van der Waals surface area (Å²) in [4.78, 5) is 36.7. The fourth-order valence-corrected chi connectivity index (χ4v) is 7.55. The normalized spacial score (nSPS) is 12.1. The number of nitrogens with zero attached hydrogens (tertiary/aromatic N) is 9. The van der Waals surface area contributed by atoms with Crippen molar-refractivity contribution in [3.05, 3.63) is 255 Å². The molecule has 0 radical (unpaired) electrons. The molecule has 2 N–H and O–H groups in total. The van der Waals surface area contributed by atoms with Crippen LogP contribution < -0.4 is 15.4 Å². The number of fused-ring (bicyclic) bond motifs is 7. The molecule has 2 aliphatic heterocycles. The summed E-state index contributed by atoms with van der Waals surface area (Å²) in [7, 11) is 0. The number of nitrogens with one attached hydrogen (secondary N) is 2. The van der Waals surface area contributed by atoms with Gasteiger partial charge in [0.2, 0.25) is 0 Å². The molecule has 0 saturated carbocycles. The van der Waals surface area contributed by atoms with Gasteiger partial charge in [0.05, 0.1) is 33.8 Å². The minimum Gasteiger partial charge on any atom is -0.478 e. The van der Waals surface area contributed by atoms with E-state index in [1.807, 2.05) is 140 Å². The highest BCUT2D eigenvalue weighted by atomic mass is 16.5. The van der Waals surface area contributed by atoms with Crippen molar-refractivity contribution in [2.75, 3.05) is 26.4 Å². The van der Waals surface area contributed by atoms with Crippen LogP contribution in [0.3, 0.4) is 0 Å². The molecule has 0 unspecified atom stereocenters. The first-order chi connectivity index (χ1) is 35.8. The van der Waals surface area contributed by atoms with Crippen molar-refractivity contribution < 1.29 is 4.74 Å². The average Bonchev–Trinajstić information content (AvgIpc) is 3.88. The minimum absolute atomic E-state index is 0.636. The van der Waals surface area contributed by atoms with Crippen molar-refractivity contribution in [1.82, 2.24) is 55.5 Å². The van der Waals surface area contributed by atoms with Gasteiger partial charge >= 0.3 is 0 Å². The summed E-state index contributed by atoms with van der Waals surface area (Å²) in [5.74, 6) is 1.03. The molecule has 0 fully saturated rings. The Labute approximate surface area is 419 Å². The molecule has 0 bridgehead atoms. The van der Waals surface area contributed by atoms with E-state index >= 15 is 0 Å². The van der Waals surface area contributed by atoms with Gasteiger partial charge in [-0.25, -0.2) is 9.97 Å². The van der Waals surface area contributed by atoms with E-state index in [0.717, 1.165) is 81.2 Å². The molecule has 356 valence electrons. The number of pyridine rings is 9. The van der Waals surface area contributed by atoms with E-state index in [2.05, 4.69) is 98.0 Å². The molecule has 9 aromatic heterocycles. The van der Waals surface area contributed by atoms with Gasteiger partial charge in [0.1, 0.15) is 12.5 Å². The van der Waals surface area contributed by atoms with Gasteiger partial charge in [-0.15, -0.1) is 0 Å². The molecule has 14 rings (SSSR count). The van der Waals surface area contributed by atoms with E-state index in [0.29, 0.717) is 6.73 Å². The standard InChI is InChI=1S/C10H13N.C9H11NO.C9H7N.4C8H6N2/c1-2-4-10-6-8-11-7-5-9(10)3-1;1-2-4-9-8(3-1)5-6-10-7-11-9;1-2-6-9-8(4-1)5-3-7-10-9;1-3-7-8(9-5-1)4-2-6-10-7;1-3-7-4-2-6-10-8(7)9-5-1;1-2-7-6-9-5-3-8(7)10-4-1;1-2-7-3-5-9-6-8(7)10-4-1/h1-4,11H,5-8H2;1-4,10H,5-7H2;1-7H;4*1-6H. The van der Waals surface area contributed by atoms with Gasteiger partial charge in [-0.1, -0.05) is 72.8 Å². The molecule has 2 aliphatic rings. The van der Waals surface area contributed by atoms with Crippen LogP contribution in [-0.2, 0) is 19.3 Å². The predicted octanol–water partition coefficient (Wildman–Crippen LogP) is 11.3. The number of hydrogen-bond donors (Lipinski definition) is 2. The summed E-state index contributed by atoms with van der Waals surface area (Å²) in [5, 5.41) is 11.1. The highest BCUT2D eigenvalue weighted by Gasteiger charge is 2.06. The molecular weight excluding hydrogens is 891 g/mol. The maximum Gasteiger partial charge on any atom is 0.159 e. The van der Waals surface area contributed by atoms with E-state index in [-0.39, 0.29) is 0 Å². The van der Waals surface area contributed by atoms with Crippen molar-refractivity contribution in [2.45, 2.75) is 19.3 Å². The molecular formula is C60H55N11O.